The van der Waals surface area contributed by atoms with Gasteiger partial charge < -0.3 is 5.11 Å². The van der Waals surface area contributed by atoms with Crippen LogP contribution in [0.5, 0.6) is 0 Å². The SMILES string of the molecule is CSCC(O)C1CCCCC1=O. The van der Waals surface area contributed by atoms with Crippen LogP contribution in [0, 0.1) is 5.92 Å². The monoisotopic (exact) mass is 188 g/mol. The second-order valence-electron chi connectivity index (χ2n) is 3.34. The maximum atomic E-state index is 11.3. The number of aliphatic hydroxyl groups excluding tert-OH is 1. The van der Waals surface area contributed by atoms with Crippen molar-refractivity contribution in [1.82, 2.24) is 0 Å². The van der Waals surface area contributed by atoms with Crippen molar-refractivity contribution in [2.75, 3.05) is 12.0 Å². The van der Waals surface area contributed by atoms with Crippen LogP contribution in [-0.2, 0) is 4.79 Å². The van der Waals surface area contributed by atoms with Crippen molar-refractivity contribution in [1.29, 1.82) is 0 Å². The maximum Gasteiger partial charge on any atom is 0.138 e. The lowest BCUT2D eigenvalue weighted by Gasteiger charge is -2.24. The summed E-state index contributed by atoms with van der Waals surface area (Å²) in [4.78, 5) is 11.3. The Bertz CT molecular complexity index is 159. The molecule has 12 heavy (non-hydrogen) atoms. The number of Topliss-reactive ketones (excluding diaryl/α,β-unsaturated/α-hetero) is 1. The molecule has 0 bridgehead atoms. The van der Waals surface area contributed by atoms with Crippen LogP contribution >= 0.6 is 11.8 Å². The highest BCUT2D eigenvalue weighted by atomic mass is 32.2. The molecule has 1 aliphatic carbocycles. The third-order valence-corrected chi connectivity index (χ3v) is 3.08. The van der Waals surface area contributed by atoms with Crippen molar-refractivity contribution >= 4 is 17.5 Å². The minimum absolute atomic E-state index is 0.0637. The minimum atomic E-state index is -0.409. The van der Waals surface area contributed by atoms with Gasteiger partial charge in [0.25, 0.3) is 0 Å². The van der Waals surface area contributed by atoms with Crippen molar-refractivity contribution in [2.45, 2.75) is 31.8 Å². The maximum absolute atomic E-state index is 11.3. The summed E-state index contributed by atoms with van der Waals surface area (Å²) in [5, 5.41) is 9.60. The summed E-state index contributed by atoms with van der Waals surface area (Å²) in [7, 11) is 0. The summed E-state index contributed by atoms with van der Waals surface area (Å²) in [6, 6.07) is 0. The molecule has 0 aliphatic heterocycles. The zero-order valence-corrected chi connectivity index (χ0v) is 8.27. The number of ketones is 1. The van der Waals surface area contributed by atoms with Gasteiger partial charge >= 0.3 is 0 Å². The van der Waals surface area contributed by atoms with Crippen LogP contribution in [0.2, 0.25) is 0 Å². The van der Waals surface area contributed by atoms with Crippen LogP contribution in [0.3, 0.4) is 0 Å². The Morgan fingerprint density at radius 1 is 1.67 bits per heavy atom. The lowest BCUT2D eigenvalue weighted by molar-refractivity contribution is -0.127. The third-order valence-electron chi connectivity index (χ3n) is 2.40. The van der Waals surface area contributed by atoms with E-state index in [1.54, 1.807) is 11.8 Å². The molecule has 1 rings (SSSR count). The normalized spacial score (nSPS) is 27.2. The Balaban J connectivity index is 2.42. The molecule has 2 nitrogen and oxygen atoms in total. The predicted octanol–water partition coefficient (Wildman–Crippen LogP) is 1.47. The first kappa shape index (κ1) is 10.1. The third kappa shape index (κ3) is 2.49. The van der Waals surface area contributed by atoms with Crippen LogP contribution in [0.15, 0.2) is 0 Å². The number of carbonyl (C=O) groups is 1. The molecule has 70 valence electrons. The van der Waals surface area contributed by atoms with Gasteiger partial charge in [-0.3, -0.25) is 4.79 Å². The quantitative estimate of drug-likeness (QED) is 0.728. The Labute approximate surface area is 77.7 Å². The lowest BCUT2D eigenvalue weighted by atomic mass is 9.85. The fourth-order valence-electron chi connectivity index (χ4n) is 1.70. The van der Waals surface area contributed by atoms with Crippen molar-refractivity contribution in [2.24, 2.45) is 5.92 Å². The van der Waals surface area contributed by atoms with Gasteiger partial charge in [0.1, 0.15) is 5.78 Å². The standard InChI is InChI=1S/C9H16O2S/c1-12-6-9(11)7-4-2-3-5-8(7)10/h7,9,11H,2-6H2,1H3. The number of hydrogen-bond donors (Lipinski definition) is 1. The summed E-state index contributed by atoms with van der Waals surface area (Å²) < 4.78 is 0. The van der Waals surface area contributed by atoms with E-state index in [9.17, 15) is 9.90 Å². The Morgan fingerprint density at radius 3 is 3.00 bits per heavy atom. The summed E-state index contributed by atoms with van der Waals surface area (Å²) >= 11 is 1.60. The summed E-state index contributed by atoms with van der Waals surface area (Å²) in [5.74, 6) is 0.894. The smallest absolute Gasteiger partial charge is 0.138 e. The van der Waals surface area contributed by atoms with Crippen LogP contribution in [0.4, 0.5) is 0 Å². The first-order chi connectivity index (χ1) is 5.75. The molecule has 1 fully saturated rings. The molecule has 0 saturated heterocycles. The molecule has 0 aromatic heterocycles. The van der Waals surface area contributed by atoms with Gasteiger partial charge in [-0.1, -0.05) is 6.42 Å². The molecule has 0 aromatic carbocycles. The molecule has 1 N–H and O–H groups in total. The molecule has 0 heterocycles. The second-order valence-corrected chi connectivity index (χ2v) is 4.25. The zero-order valence-electron chi connectivity index (χ0n) is 7.45. The first-order valence-corrected chi connectivity index (χ1v) is 5.85. The highest BCUT2D eigenvalue weighted by Gasteiger charge is 2.28. The molecular weight excluding hydrogens is 172 g/mol. The Morgan fingerprint density at radius 2 is 2.42 bits per heavy atom. The molecule has 0 aromatic rings. The number of rotatable bonds is 3. The number of carbonyl (C=O) groups excluding carboxylic acids is 1. The van der Waals surface area contributed by atoms with Crippen LogP contribution in [0.1, 0.15) is 25.7 Å². The Kier molecular flexibility index (Phi) is 4.09. The molecule has 1 aliphatic rings. The van der Waals surface area contributed by atoms with Gasteiger partial charge in [-0.05, 0) is 19.1 Å². The van der Waals surface area contributed by atoms with E-state index in [1.165, 1.54) is 0 Å². The van der Waals surface area contributed by atoms with E-state index < -0.39 is 6.10 Å². The first-order valence-electron chi connectivity index (χ1n) is 4.45. The molecule has 0 radical (unpaired) electrons. The van der Waals surface area contributed by atoms with Gasteiger partial charge in [0.2, 0.25) is 0 Å². The number of aliphatic hydroxyl groups is 1. The largest absolute Gasteiger partial charge is 0.392 e. The molecule has 1 saturated carbocycles. The second kappa shape index (κ2) is 4.87. The van der Waals surface area contributed by atoms with E-state index in [0.29, 0.717) is 12.2 Å². The number of hydrogen-bond acceptors (Lipinski definition) is 3. The van der Waals surface area contributed by atoms with Crippen LogP contribution in [-0.4, -0.2) is 29.0 Å². The topological polar surface area (TPSA) is 37.3 Å². The van der Waals surface area contributed by atoms with Crippen LogP contribution < -0.4 is 0 Å². The van der Waals surface area contributed by atoms with E-state index in [0.717, 1.165) is 19.3 Å². The fraction of sp³-hybridized carbons (Fsp3) is 0.889. The molecule has 0 spiro atoms. The molecule has 2 unspecified atom stereocenters. The van der Waals surface area contributed by atoms with Gasteiger partial charge in [0.15, 0.2) is 0 Å². The van der Waals surface area contributed by atoms with Gasteiger partial charge in [-0.25, -0.2) is 0 Å². The predicted molar refractivity (Wildman–Crippen MR) is 51.4 cm³/mol. The average molecular weight is 188 g/mol. The van der Waals surface area contributed by atoms with Gasteiger partial charge in [0.05, 0.1) is 6.10 Å². The van der Waals surface area contributed by atoms with E-state index in [-0.39, 0.29) is 11.7 Å². The van der Waals surface area contributed by atoms with E-state index in [1.807, 2.05) is 6.26 Å². The fourth-order valence-corrected chi connectivity index (χ4v) is 2.28. The van der Waals surface area contributed by atoms with Crippen LogP contribution in [0.25, 0.3) is 0 Å². The Hall–Kier alpha value is -0.0200. The van der Waals surface area contributed by atoms with Crippen molar-refractivity contribution < 1.29 is 9.90 Å². The van der Waals surface area contributed by atoms with Gasteiger partial charge in [0, 0.05) is 18.1 Å². The van der Waals surface area contributed by atoms with Gasteiger partial charge in [-0.15, -0.1) is 0 Å². The highest BCUT2D eigenvalue weighted by Crippen LogP contribution is 2.24. The molecule has 2 atom stereocenters. The highest BCUT2D eigenvalue weighted by molar-refractivity contribution is 7.98. The minimum Gasteiger partial charge on any atom is -0.392 e. The van der Waals surface area contributed by atoms with Crippen molar-refractivity contribution in [3.8, 4) is 0 Å². The number of thioether (sulfide) groups is 1. The summed E-state index contributed by atoms with van der Waals surface area (Å²) in [6.45, 7) is 0. The van der Waals surface area contributed by atoms with Crippen molar-refractivity contribution in [3.05, 3.63) is 0 Å². The lowest BCUT2D eigenvalue weighted by Crippen LogP contribution is -2.32. The molecule has 0 amide bonds. The zero-order chi connectivity index (χ0) is 8.97. The van der Waals surface area contributed by atoms with E-state index >= 15 is 0 Å². The van der Waals surface area contributed by atoms with Crippen molar-refractivity contribution in [3.63, 3.8) is 0 Å². The summed E-state index contributed by atoms with van der Waals surface area (Å²) in [6.07, 6.45) is 5.23. The molecule has 3 heteroatoms. The average Bonchev–Trinajstić information content (AvgIpc) is 2.05. The van der Waals surface area contributed by atoms with Gasteiger partial charge in [-0.2, -0.15) is 11.8 Å². The summed E-state index contributed by atoms with van der Waals surface area (Å²) in [5.41, 5.74) is 0. The molecular formula is C9H16O2S. The van der Waals surface area contributed by atoms with E-state index in [4.69, 9.17) is 0 Å². The van der Waals surface area contributed by atoms with E-state index in [2.05, 4.69) is 0 Å².